The highest BCUT2D eigenvalue weighted by Crippen LogP contribution is 2.66. The zero-order chi connectivity index (χ0) is 80.1. The van der Waals surface area contributed by atoms with Crippen LogP contribution >= 0.6 is 0 Å². The summed E-state index contributed by atoms with van der Waals surface area (Å²) in [5, 5.41) is 0. The average Bonchev–Trinajstić information content (AvgIpc) is 0.698. The molecular weight excluding hydrogens is 1180 g/mol. The fourth-order valence-electron chi connectivity index (χ4n) is 22.6. The van der Waals surface area contributed by atoms with Crippen LogP contribution in [0.2, 0.25) is 0 Å². The Kier molecular flexibility index (Phi) is 27.4. The SMILES string of the molecule is CC(C)(C)C12CC3CC(CC(C3)C1)C2.CC(C)(C)C1C2CC3CC(C2)CC1C3.CCCC(CC)CC(C)(C)C.Cc1cccc(C)c1C(C)(C)C.Cc1ccccc1C(C)(C)C.[2H]C([2H])(C(CC)CCC)C(C)(C)C.[2H]C1(C(C)(C)C)C2CC3CC(C2)CC1C3.[2H]c1c([2H])c(C)c([2H])c(C(C)(C)C)c1[2H]. The molecule has 12 aliphatic rings. The minimum absolute atomic E-state index is 0.00185. The van der Waals surface area contributed by atoms with Gasteiger partial charge < -0.3 is 0 Å². The lowest BCUT2D eigenvalue weighted by Crippen LogP contribution is -2.51. The van der Waals surface area contributed by atoms with E-state index in [-0.39, 0.29) is 63.1 Å². The van der Waals surface area contributed by atoms with Crippen LogP contribution in [0.25, 0.3) is 0 Å². The van der Waals surface area contributed by atoms with E-state index in [1.165, 1.54) is 85.6 Å². The summed E-state index contributed by atoms with van der Waals surface area (Å²) in [6.45, 7) is 71.1. The monoisotopic (exact) mass is 1350 g/mol. The number of aryl methyl sites for hydroxylation is 3. The molecule has 0 nitrogen and oxygen atoms in total. The van der Waals surface area contributed by atoms with Crippen molar-refractivity contribution in [3.63, 3.8) is 0 Å². The van der Waals surface area contributed by atoms with Crippen molar-refractivity contribution >= 4 is 0 Å². The molecule has 15 rings (SSSR count). The third-order valence-electron chi connectivity index (χ3n) is 25.4. The Balaban J connectivity index is 0.000000216. The smallest absolute Gasteiger partial charge is 0.0629 e. The Morgan fingerprint density at radius 2 is 0.837 bits per heavy atom. The van der Waals surface area contributed by atoms with Crippen molar-refractivity contribution in [1.82, 2.24) is 0 Å². The van der Waals surface area contributed by atoms with Crippen LogP contribution in [0.15, 0.2) is 66.6 Å². The van der Waals surface area contributed by atoms with Gasteiger partial charge in [0.1, 0.15) is 0 Å². The quantitative estimate of drug-likeness (QED) is 0.211. The molecule has 0 heterocycles. The lowest BCUT2D eigenvalue weighted by molar-refractivity contribution is -0.113. The predicted molar refractivity (Wildman–Crippen MR) is 440 cm³/mol. The first kappa shape index (κ1) is 75.3. The first-order valence-corrected chi connectivity index (χ1v) is 41.5. The molecule has 12 saturated carbocycles. The summed E-state index contributed by atoms with van der Waals surface area (Å²) in [7, 11) is 0. The number of rotatable bonds is 8. The van der Waals surface area contributed by atoms with E-state index in [9.17, 15) is 0 Å². The molecule has 0 amide bonds. The molecule has 0 spiro atoms. The molecule has 0 aliphatic heterocycles. The summed E-state index contributed by atoms with van der Waals surface area (Å²) < 4.78 is 56.2. The molecule has 2 atom stereocenters. The van der Waals surface area contributed by atoms with Crippen molar-refractivity contribution in [2.24, 2.45) is 121 Å². The first-order valence-electron chi connectivity index (χ1n) is 45.0. The molecule has 12 bridgehead atoms. The molecule has 2 unspecified atom stereocenters. The third-order valence-corrected chi connectivity index (χ3v) is 25.4. The highest BCUT2D eigenvalue weighted by Gasteiger charge is 2.56. The van der Waals surface area contributed by atoms with E-state index < -0.39 is 6.37 Å². The summed E-state index contributed by atoms with van der Waals surface area (Å²) >= 11 is 0. The van der Waals surface area contributed by atoms with Crippen molar-refractivity contribution in [1.29, 1.82) is 0 Å². The van der Waals surface area contributed by atoms with Crippen molar-refractivity contribution in [2.75, 3.05) is 0 Å². The maximum absolute atomic E-state index is 9.00. The van der Waals surface area contributed by atoms with Gasteiger partial charge in [-0.05, 0) is 314 Å². The maximum atomic E-state index is 9.00. The van der Waals surface area contributed by atoms with Crippen LogP contribution in [-0.2, 0) is 16.2 Å². The van der Waals surface area contributed by atoms with Gasteiger partial charge in [-0.3, -0.25) is 0 Å². The zero-order valence-electron chi connectivity index (χ0n) is 78.4. The maximum Gasteiger partial charge on any atom is 0.0629 e. The summed E-state index contributed by atoms with van der Waals surface area (Å²) in [6, 6.07) is 15.2. The van der Waals surface area contributed by atoms with E-state index in [2.05, 4.69) is 216 Å². The summed E-state index contributed by atoms with van der Waals surface area (Å²) in [5.74, 6) is 13.3. The Hall–Kier alpha value is -2.34. The molecule has 12 fully saturated rings. The van der Waals surface area contributed by atoms with Crippen molar-refractivity contribution in [3.8, 4) is 0 Å². The van der Waals surface area contributed by atoms with Crippen LogP contribution in [0.1, 0.15) is 396 Å². The van der Waals surface area contributed by atoms with Gasteiger partial charge in [0.2, 0.25) is 0 Å². The highest BCUT2D eigenvalue weighted by molar-refractivity contribution is 5.38. The van der Waals surface area contributed by atoms with Crippen LogP contribution < -0.4 is 0 Å². The molecular formula is C98H170. The van der Waals surface area contributed by atoms with Gasteiger partial charge in [0.25, 0.3) is 0 Å². The first-order chi connectivity index (χ1) is 47.8. The molecule has 0 heteroatoms. The molecule has 0 radical (unpaired) electrons. The van der Waals surface area contributed by atoms with Crippen LogP contribution in [-0.4, -0.2) is 0 Å². The second kappa shape index (κ2) is 35.6. The number of benzene rings is 3. The molecule has 562 valence electrons. The van der Waals surface area contributed by atoms with Crippen molar-refractivity contribution < 1.29 is 9.60 Å². The normalized spacial score (nSPS) is 31.3. The van der Waals surface area contributed by atoms with Gasteiger partial charge in [-0.25, -0.2) is 0 Å². The van der Waals surface area contributed by atoms with Gasteiger partial charge >= 0.3 is 0 Å². The Labute approximate surface area is 625 Å². The summed E-state index contributed by atoms with van der Waals surface area (Å²) in [5.41, 5.74) is 10.7. The van der Waals surface area contributed by atoms with E-state index in [0.29, 0.717) is 39.2 Å². The Morgan fingerprint density at radius 3 is 1.15 bits per heavy atom. The van der Waals surface area contributed by atoms with E-state index >= 15 is 0 Å². The Morgan fingerprint density at radius 1 is 0.439 bits per heavy atom. The zero-order valence-corrected chi connectivity index (χ0v) is 71.4. The van der Waals surface area contributed by atoms with Gasteiger partial charge in [0.05, 0.1) is 5.48 Å². The van der Waals surface area contributed by atoms with Crippen LogP contribution in [0.5, 0.6) is 0 Å². The van der Waals surface area contributed by atoms with Gasteiger partial charge in [-0.15, -0.1) is 0 Å². The lowest BCUT2D eigenvalue weighted by atomic mass is 9.43. The van der Waals surface area contributed by atoms with Crippen molar-refractivity contribution in [3.05, 3.63) is 106 Å². The molecule has 3 aromatic rings. The molecule has 3 aromatic carbocycles. The summed E-state index contributed by atoms with van der Waals surface area (Å²) in [6.07, 6.45) is 31.7. The predicted octanol–water partition coefficient (Wildman–Crippen LogP) is 31.1. The third kappa shape index (κ3) is 26.4. The number of hydrogen-bond acceptors (Lipinski definition) is 0. The number of hydrogen-bond donors (Lipinski definition) is 0. The van der Waals surface area contributed by atoms with Crippen LogP contribution in [0.3, 0.4) is 0 Å². The van der Waals surface area contributed by atoms with Crippen LogP contribution in [0.4, 0.5) is 0 Å². The van der Waals surface area contributed by atoms with E-state index in [0.717, 1.165) is 89.8 Å². The molecule has 0 aromatic heterocycles. The molecule has 0 N–H and O–H groups in total. The van der Waals surface area contributed by atoms with Gasteiger partial charge in [0.15, 0.2) is 0 Å². The minimum atomic E-state index is -1.04. The molecule has 0 saturated heterocycles. The standard InChI is InChI=1S/3C14H24.C12H18.2C11H16.2C11H24/c1-13(2,3)14-7-10-4-11(8-14)6-12(5-10)9-14;2*1-14(2,3)13-11-5-9-4-10(7-11)8-12(13)6-9;1-9-7-6-8-10(2)11(9)12(3,4)5;1-9-6-5-7-10(8-9)11(2,3)4;1-9-7-5-6-8-10(9)11(2,3)4;2*1-6-8-10(7-2)9-11(3,4)5/h10-12H,4-9H2,1-3H3;2*9-13H,4-8H2,1-3H3;6-8H,1-5H3;2*5-8H,1-4H3;2*10H,6-9H2,1-5H3/i;13D;;;5D,6D,7D,8D;;9D2;. The fraction of sp³-hybridized carbons (Fsp3) is 0.816. The van der Waals surface area contributed by atoms with E-state index in [4.69, 9.17) is 9.60 Å². The van der Waals surface area contributed by atoms with Gasteiger partial charge in [-0.2, -0.15) is 0 Å². The van der Waals surface area contributed by atoms with Gasteiger partial charge in [0, 0.05) is 4.11 Å². The van der Waals surface area contributed by atoms with Gasteiger partial charge in [-0.1, -0.05) is 305 Å². The minimum Gasteiger partial charge on any atom is -0.0654 e. The van der Waals surface area contributed by atoms with Crippen molar-refractivity contribution in [2.45, 2.75) is 392 Å². The second-order valence-electron chi connectivity index (χ2n) is 43.2. The van der Waals surface area contributed by atoms with E-state index in [1.54, 1.807) is 77.6 Å². The van der Waals surface area contributed by atoms with Crippen LogP contribution in [0, 0.1) is 149 Å². The molecule has 12 aliphatic carbocycles. The lowest BCUT2D eigenvalue weighted by Gasteiger charge is -2.62. The fourth-order valence-corrected chi connectivity index (χ4v) is 22.6. The molecule has 98 heavy (non-hydrogen) atoms. The largest absolute Gasteiger partial charge is 0.0654 e. The summed E-state index contributed by atoms with van der Waals surface area (Å²) in [4.78, 5) is 0. The highest BCUT2D eigenvalue weighted by atomic mass is 14.6. The Bertz CT molecular complexity index is 3010. The second-order valence-corrected chi connectivity index (χ2v) is 43.2. The van der Waals surface area contributed by atoms with E-state index in [1.807, 2.05) is 41.5 Å². The topological polar surface area (TPSA) is 0 Å². The average molecular weight is 1360 g/mol.